The molecule has 0 fully saturated rings. The van der Waals surface area contributed by atoms with Crippen molar-refractivity contribution in [2.75, 3.05) is 0 Å². The van der Waals surface area contributed by atoms with Crippen LogP contribution in [0.3, 0.4) is 0 Å². The van der Waals surface area contributed by atoms with Gasteiger partial charge in [0, 0.05) is 0 Å². The molecule has 3 aliphatic heterocycles. The molecule has 0 atom stereocenters. The highest BCUT2D eigenvalue weighted by Crippen LogP contribution is 2.25. The molecule has 0 spiro atoms. The summed E-state index contributed by atoms with van der Waals surface area (Å²) in [7, 11) is 0. The monoisotopic (exact) mass is 335 g/mol. The van der Waals surface area contributed by atoms with E-state index in [1.54, 1.807) is 0 Å². The normalized spacial score (nSPS) is 23.5. The number of allylic oxidation sites excluding steroid dienone is 7. The molecule has 0 unspecified atom stereocenters. The maximum absolute atomic E-state index is 4.79. The molecule has 0 saturated carbocycles. The van der Waals surface area contributed by atoms with Crippen molar-refractivity contribution in [1.82, 2.24) is 9.97 Å². The van der Waals surface area contributed by atoms with Gasteiger partial charge in [0.25, 0.3) is 0 Å². The van der Waals surface area contributed by atoms with Gasteiger partial charge in [-0.25, -0.2) is 15.0 Å². The summed E-state index contributed by atoms with van der Waals surface area (Å²) in [6, 6.07) is 12.1. The molecule has 5 heterocycles. The Bertz CT molecular complexity index is 1080. The predicted octanol–water partition coefficient (Wildman–Crippen LogP) is 5.17. The quantitative estimate of drug-likeness (QED) is 0.666. The Kier molecular flexibility index (Phi) is 3.56. The van der Waals surface area contributed by atoms with Crippen molar-refractivity contribution in [1.29, 1.82) is 0 Å². The predicted molar refractivity (Wildman–Crippen MR) is 106 cm³/mol. The van der Waals surface area contributed by atoms with E-state index in [1.807, 2.05) is 48.6 Å². The average Bonchev–Trinajstić information content (AvgIpc) is 3.10. The zero-order valence-corrected chi connectivity index (χ0v) is 14.3. The molecule has 8 bridgehead atoms. The van der Waals surface area contributed by atoms with E-state index < -0.39 is 0 Å². The number of fused-ring (bicyclic) bond motifs is 1. The SMILES string of the molecule is C1=C/C2=C/c3cccc(n3)-c3cccc(n3)/C=C3C=C/C(=C/C1=N2)CC/3. The van der Waals surface area contributed by atoms with Crippen molar-refractivity contribution < 1.29 is 0 Å². The summed E-state index contributed by atoms with van der Waals surface area (Å²) >= 11 is 0. The van der Waals surface area contributed by atoms with Crippen LogP contribution in [-0.2, 0) is 0 Å². The van der Waals surface area contributed by atoms with Gasteiger partial charge < -0.3 is 0 Å². The summed E-state index contributed by atoms with van der Waals surface area (Å²) in [6.45, 7) is 0. The second-order valence-corrected chi connectivity index (χ2v) is 6.61. The molecule has 1 aliphatic carbocycles. The first-order chi connectivity index (χ1) is 12.8. The van der Waals surface area contributed by atoms with Gasteiger partial charge in [0.1, 0.15) is 0 Å². The smallest absolute Gasteiger partial charge is 0.0893 e. The molecule has 0 saturated heterocycles. The number of aromatic nitrogens is 2. The second kappa shape index (κ2) is 6.19. The van der Waals surface area contributed by atoms with Crippen molar-refractivity contribution in [3.63, 3.8) is 0 Å². The fraction of sp³-hybridized carbons (Fsp3) is 0.0870. The van der Waals surface area contributed by atoms with Gasteiger partial charge >= 0.3 is 0 Å². The minimum atomic E-state index is 0.874. The van der Waals surface area contributed by atoms with Crippen LogP contribution in [0.1, 0.15) is 24.2 Å². The molecule has 2 aromatic heterocycles. The van der Waals surface area contributed by atoms with Gasteiger partial charge in [0.2, 0.25) is 0 Å². The second-order valence-electron chi connectivity index (χ2n) is 6.61. The first kappa shape index (κ1) is 15.0. The van der Waals surface area contributed by atoms with E-state index in [-0.39, 0.29) is 0 Å². The van der Waals surface area contributed by atoms with Crippen molar-refractivity contribution in [2.24, 2.45) is 4.99 Å². The summed E-state index contributed by atoms with van der Waals surface area (Å²) in [5.74, 6) is 0. The molecule has 2 aromatic rings. The molecule has 3 heteroatoms. The summed E-state index contributed by atoms with van der Waals surface area (Å²) in [5, 5.41) is 0. The van der Waals surface area contributed by atoms with E-state index in [1.165, 1.54) is 11.1 Å². The summed E-state index contributed by atoms with van der Waals surface area (Å²) < 4.78 is 0. The van der Waals surface area contributed by atoms with E-state index in [2.05, 4.69) is 30.4 Å². The molecule has 0 N–H and O–H groups in total. The molecular weight excluding hydrogens is 318 g/mol. The van der Waals surface area contributed by atoms with Crippen LogP contribution in [0.4, 0.5) is 0 Å². The Balaban J connectivity index is 1.71. The third kappa shape index (κ3) is 3.00. The third-order valence-corrected chi connectivity index (χ3v) is 4.66. The van der Waals surface area contributed by atoms with Crippen LogP contribution in [-0.4, -0.2) is 15.7 Å². The Morgan fingerprint density at radius 1 is 0.615 bits per heavy atom. The Labute approximate surface area is 152 Å². The van der Waals surface area contributed by atoms with Gasteiger partial charge in [-0.05, 0) is 78.6 Å². The molecule has 4 aliphatic rings. The van der Waals surface area contributed by atoms with E-state index in [0.29, 0.717) is 0 Å². The number of pyridine rings is 2. The van der Waals surface area contributed by atoms with Crippen LogP contribution < -0.4 is 0 Å². The molecule has 0 amide bonds. The zero-order valence-electron chi connectivity index (χ0n) is 14.3. The number of aliphatic imine (C=N–C) groups is 1. The number of hydrogen-bond donors (Lipinski definition) is 0. The van der Waals surface area contributed by atoms with Gasteiger partial charge in [0.05, 0.1) is 34.2 Å². The highest BCUT2D eigenvalue weighted by molar-refractivity contribution is 6.08. The summed E-state index contributed by atoms with van der Waals surface area (Å²) in [4.78, 5) is 14.2. The van der Waals surface area contributed by atoms with E-state index in [4.69, 9.17) is 15.0 Å². The Morgan fingerprint density at radius 3 is 1.96 bits per heavy atom. The zero-order chi connectivity index (χ0) is 17.3. The van der Waals surface area contributed by atoms with Gasteiger partial charge in [-0.3, -0.25) is 0 Å². The third-order valence-electron chi connectivity index (χ3n) is 4.66. The fourth-order valence-corrected chi connectivity index (χ4v) is 3.35. The lowest BCUT2D eigenvalue weighted by atomic mass is 9.95. The maximum Gasteiger partial charge on any atom is 0.0893 e. The standard InChI is InChI=1S/C23H17N3/c1-3-18-13-16-7-9-17(10-8-16)14-20-11-12-21(24-20)15-19-4-2-6-23(26-19)22(5-1)25-18/h1-7,9,11-15H,8,10H2/b16-13-,17-14-,21-15-. The van der Waals surface area contributed by atoms with Crippen molar-refractivity contribution in [3.05, 3.63) is 95.0 Å². The fourth-order valence-electron chi connectivity index (χ4n) is 3.35. The molecule has 3 nitrogen and oxygen atoms in total. The van der Waals surface area contributed by atoms with Gasteiger partial charge in [0.15, 0.2) is 0 Å². The lowest BCUT2D eigenvalue weighted by Gasteiger charge is -2.11. The molecule has 6 rings (SSSR count). The lowest BCUT2D eigenvalue weighted by molar-refractivity contribution is 0.953. The summed E-state index contributed by atoms with van der Waals surface area (Å²) in [5.41, 5.74) is 8.15. The van der Waals surface area contributed by atoms with Crippen LogP contribution >= 0.6 is 0 Å². The Hall–Kier alpha value is -3.33. The minimum absolute atomic E-state index is 0.874. The maximum atomic E-state index is 4.79. The van der Waals surface area contributed by atoms with Gasteiger partial charge in [-0.1, -0.05) is 24.3 Å². The van der Waals surface area contributed by atoms with E-state index >= 15 is 0 Å². The van der Waals surface area contributed by atoms with Crippen LogP contribution in [0.5, 0.6) is 0 Å². The van der Waals surface area contributed by atoms with Crippen LogP contribution in [0.15, 0.2) is 88.6 Å². The van der Waals surface area contributed by atoms with Crippen LogP contribution in [0, 0.1) is 0 Å². The molecule has 0 radical (unpaired) electrons. The van der Waals surface area contributed by atoms with Gasteiger partial charge in [-0.15, -0.1) is 0 Å². The molecule has 26 heavy (non-hydrogen) atoms. The molecule has 124 valence electrons. The van der Waals surface area contributed by atoms with E-state index in [9.17, 15) is 0 Å². The highest BCUT2D eigenvalue weighted by atomic mass is 14.8. The molecular formula is C23H17N3. The number of nitrogens with zero attached hydrogens (tertiary/aromatic N) is 3. The lowest BCUT2D eigenvalue weighted by Crippen LogP contribution is -1.96. The largest absolute Gasteiger partial charge is 0.249 e. The average molecular weight is 335 g/mol. The summed E-state index contributed by atoms with van der Waals surface area (Å²) in [6.07, 6.45) is 16.8. The van der Waals surface area contributed by atoms with Crippen LogP contribution in [0.25, 0.3) is 23.5 Å². The van der Waals surface area contributed by atoms with Crippen LogP contribution in [0.2, 0.25) is 0 Å². The van der Waals surface area contributed by atoms with Crippen molar-refractivity contribution in [3.8, 4) is 11.4 Å². The molecule has 0 aromatic carbocycles. The first-order valence-corrected chi connectivity index (χ1v) is 8.84. The van der Waals surface area contributed by atoms with Crippen molar-refractivity contribution in [2.45, 2.75) is 12.8 Å². The number of rotatable bonds is 0. The van der Waals surface area contributed by atoms with E-state index in [0.717, 1.165) is 47.0 Å². The van der Waals surface area contributed by atoms with Gasteiger partial charge in [-0.2, -0.15) is 0 Å². The van der Waals surface area contributed by atoms with Crippen molar-refractivity contribution >= 4 is 17.9 Å². The topological polar surface area (TPSA) is 38.1 Å². The number of hydrogen-bond acceptors (Lipinski definition) is 3. The minimum Gasteiger partial charge on any atom is -0.249 e. The Morgan fingerprint density at radius 2 is 1.27 bits per heavy atom. The first-order valence-electron chi connectivity index (χ1n) is 8.84. The highest BCUT2D eigenvalue weighted by Gasteiger charge is 2.10.